The lowest BCUT2D eigenvalue weighted by atomic mass is 10.0. The van der Waals surface area contributed by atoms with Crippen LogP contribution in [0.5, 0.6) is 0 Å². The van der Waals surface area contributed by atoms with Crippen LogP contribution in [0.3, 0.4) is 0 Å². The third kappa shape index (κ3) is 3.95. The van der Waals surface area contributed by atoms with E-state index in [1.807, 2.05) is 51.1 Å². The monoisotopic (exact) mass is 449 g/mol. The molecule has 0 bridgehead atoms. The lowest BCUT2D eigenvalue weighted by molar-refractivity contribution is -0.122. The molecule has 3 N–H and O–H groups in total. The van der Waals surface area contributed by atoms with Gasteiger partial charge in [-0.3, -0.25) is 9.59 Å². The van der Waals surface area contributed by atoms with E-state index in [1.54, 1.807) is 0 Å². The maximum absolute atomic E-state index is 12.4. The largest absolute Gasteiger partial charge is 0.372 e. The highest BCUT2D eigenvalue weighted by atomic mass is 127. The molecule has 3 rings (SSSR count). The molecule has 0 saturated carbocycles. The molecule has 130 valence electrons. The van der Waals surface area contributed by atoms with Gasteiger partial charge >= 0.3 is 0 Å². The van der Waals surface area contributed by atoms with Gasteiger partial charge in [-0.2, -0.15) is 0 Å². The Bertz CT molecular complexity index is 864. The number of anilines is 3. The van der Waals surface area contributed by atoms with Gasteiger partial charge in [-0.05, 0) is 90.4 Å². The lowest BCUT2D eigenvalue weighted by Crippen LogP contribution is -2.41. The minimum Gasteiger partial charge on any atom is -0.372 e. The SMILES string of the molecule is Cc1cc2c(cc1C)N[C@@H](CC(=O)Nc1ccc(I)cc1C)C(=O)N2. The Labute approximate surface area is 160 Å². The number of rotatable bonds is 3. The summed E-state index contributed by atoms with van der Waals surface area (Å²) >= 11 is 2.23. The number of hydrogen-bond donors (Lipinski definition) is 3. The van der Waals surface area contributed by atoms with E-state index in [9.17, 15) is 9.59 Å². The number of carbonyl (C=O) groups is 2. The quantitative estimate of drug-likeness (QED) is 0.621. The summed E-state index contributed by atoms with van der Waals surface area (Å²) in [7, 11) is 0. The van der Waals surface area contributed by atoms with E-state index >= 15 is 0 Å². The normalized spacial score (nSPS) is 15.8. The fourth-order valence-corrected chi connectivity index (χ4v) is 3.46. The number of benzene rings is 2. The molecule has 1 atom stereocenters. The van der Waals surface area contributed by atoms with Crippen molar-refractivity contribution in [2.75, 3.05) is 16.0 Å². The molecule has 0 fully saturated rings. The van der Waals surface area contributed by atoms with E-state index in [-0.39, 0.29) is 18.2 Å². The molecule has 2 amide bonds. The predicted octanol–water partition coefficient (Wildman–Crippen LogP) is 3.98. The molecule has 1 aliphatic heterocycles. The van der Waals surface area contributed by atoms with E-state index in [0.717, 1.165) is 37.3 Å². The van der Waals surface area contributed by atoms with Crippen molar-refractivity contribution in [2.24, 2.45) is 0 Å². The molecule has 0 radical (unpaired) electrons. The van der Waals surface area contributed by atoms with E-state index in [1.165, 1.54) is 0 Å². The topological polar surface area (TPSA) is 70.2 Å². The second-order valence-electron chi connectivity index (χ2n) is 6.38. The molecule has 1 heterocycles. The van der Waals surface area contributed by atoms with Crippen LogP contribution >= 0.6 is 22.6 Å². The first-order valence-electron chi connectivity index (χ1n) is 8.08. The Morgan fingerprint density at radius 3 is 2.44 bits per heavy atom. The van der Waals surface area contributed by atoms with E-state index < -0.39 is 6.04 Å². The Morgan fingerprint density at radius 1 is 1.08 bits per heavy atom. The predicted molar refractivity (Wildman–Crippen MR) is 109 cm³/mol. The van der Waals surface area contributed by atoms with Gasteiger partial charge in [-0.25, -0.2) is 0 Å². The number of hydrogen-bond acceptors (Lipinski definition) is 3. The van der Waals surface area contributed by atoms with Gasteiger partial charge in [0.1, 0.15) is 6.04 Å². The van der Waals surface area contributed by atoms with Crippen molar-refractivity contribution < 1.29 is 9.59 Å². The van der Waals surface area contributed by atoms with Gasteiger partial charge in [-0.15, -0.1) is 0 Å². The summed E-state index contributed by atoms with van der Waals surface area (Å²) in [5.41, 5.74) is 5.64. The van der Waals surface area contributed by atoms with Crippen molar-refractivity contribution in [1.29, 1.82) is 0 Å². The zero-order valence-electron chi connectivity index (χ0n) is 14.4. The van der Waals surface area contributed by atoms with Crippen LogP contribution in [0.1, 0.15) is 23.1 Å². The number of fused-ring (bicyclic) bond motifs is 1. The first-order chi connectivity index (χ1) is 11.8. The highest BCUT2D eigenvalue weighted by Crippen LogP contribution is 2.30. The summed E-state index contributed by atoms with van der Waals surface area (Å²) in [6.07, 6.45) is 0.0730. The summed E-state index contributed by atoms with van der Waals surface area (Å²) < 4.78 is 1.11. The Morgan fingerprint density at radius 2 is 1.76 bits per heavy atom. The third-order valence-electron chi connectivity index (χ3n) is 4.39. The minimum atomic E-state index is -0.584. The highest BCUT2D eigenvalue weighted by molar-refractivity contribution is 14.1. The highest BCUT2D eigenvalue weighted by Gasteiger charge is 2.28. The number of aryl methyl sites for hydroxylation is 3. The summed E-state index contributed by atoms with van der Waals surface area (Å²) in [6, 6.07) is 9.18. The lowest BCUT2D eigenvalue weighted by Gasteiger charge is -2.27. The van der Waals surface area contributed by atoms with Gasteiger partial charge in [-0.1, -0.05) is 0 Å². The van der Waals surface area contributed by atoms with Crippen LogP contribution in [0, 0.1) is 24.3 Å². The molecule has 2 aromatic rings. The molecule has 6 heteroatoms. The average Bonchev–Trinajstić information content (AvgIpc) is 2.53. The molecule has 5 nitrogen and oxygen atoms in total. The first kappa shape index (κ1) is 17.7. The van der Waals surface area contributed by atoms with Crippen molar-refractivity contribution in [1.82, 2.24) is 0 Å². The standard InChI is InChI=1S/C19H20IN3O2/c1-10-7-15-16(8-11(10)2)23-19(25)17(21-15)9-18(24)22-14-5-4-13(20)6-12(14)3/h4-8,17,21H,9H2,1-3H3,(H,22,24)(H,23,25)/t17-/m0/s1. The van der Waals surface area contributed by atoms with Crippen LogP contribution < -0.4 is 16.0 Å². The molecule has 2 aromatic carbocycles. The molecule has 0 unspecified atom stereocenters. The van der Waals surface area contributed by atoms with Crippen molar-refractivity contribution in [3.63, 3.8) is 0 Å². The Hall–Kier alpha value is -2.09. The fraction of sp³-hybridized carbons (Fsp3) is 0.263. The maximum atomic E-state index is 12.4. The Balaban J connectivity index is 1.71. The van der Waals surface area contributed by atoms with Crippen LogP contribution in [-0.4, -0.2) is 17.9 Å². The first-order valence-corrected chi connectivity index (χ1v) is 9.16. The van der Waals surface area contributed by atoms with Crippen LogP contribution in [0.2, 0.25) is 0 Å². The second-order valence-corrected chi connectivity index (χ2v) is 7.63. The fourth-order valence-electron chi connectivity index (χ4n) is 2.81. The van der Waals surface area contributed by atoms with Crippen molar-refractivity contribution in [2.45, 2.75) is 33.2 Å². The van der Waals surface area contributed by atoms with Crippen molar-refractivity contribution in [3.05, 3.63) is 50.6 Å². The number of amides is 2. The van der Waals surface area contributed by atoms with Crippen LogP contribution in [0.25, 0.3) is 0 Å². The molecule has 1 aliphatic rings. The molecular formula is C19H20IN3O2. The smallest absolute Gasteiger partial charge is 0.247 e. The van der Waals surface area contributed by atoms with Gasteiger partial charge in [0, 0.05) is 9.26 Å². The second kappa shape index (κ2) is 7.03. The van der Waals surface area contributed by atoms with Gasteiger partial charge in [0.05, 0.1) is 17.8 Å². The molecule has 25 heavy (non-hydrogen) atoms. The number of carbonyl (C=O) groups excluding carboxylic acids is 2. The zero-order chi connectivity index (χ0) is 18.1. The molecule has 0 aromatic heterocycles. The molecule has 0 aliphatic carbocycles. The van der Waals surface area contributed by atoms with Crippen molar-refractivity contribution >= 4 is 51.5 Å². The summed E-state index contributed by atoms with van der Waals surface area (Å²) in [5.74, 6) is -0.380. The van der Waals surface area contributed by atoms with Crippen LogP contribution in [0.4, 0.5) is 17.1 Å². The molecular weight excluding hydrogens is 429 g/mol. The van der Waals surface area contributed by atoms with Gasteiger partial charge in [0.2, 0.25) is 11.8 Å². The van der Waals surface area contributed by atoms with E-state index in [4.69, 9.17) is 0 Å². The average molecular weight is 449 g/mol. The van der Waals surface area contributed by atoms with Crippen LogP contribution in [0.15, 0.2) is 30.3 Å². The third-order valence-corrected chi connectivity index (χ3v) is 5.06. The van der Waals surface area contributed by atoms with Gasteiger partial charge in [0.15, 0.2) is 0 Å². The molecule has 0 spiro atoms. The number of halogens is 1. The Kier molecular flexibility index (Phi) is 4.99. The summed E-state index contributed by atoms with van der Waals surface area (Å²) in [4.78, 5) is 24.7. The zero-order valence-corrected chi connectivity index (χ0v) is 16.5. The van der Waals surface area contributed by atoms with Crippen LogP contribution in [-0.2, 0) is 9.59 Å². The number of nitrogens with one attached hydrogen (secondary N) is 3. The van der Waals surface area contributed by atoms with Gasteiger partial charge in [0.25, 0.3) is 0 Å². The summed E-state index contributed by atoms with van der Waals surface area (Å²) in [6.45, 7) is 5.98. The van der Waals surface area contributed by atoms with Gasteiger partial charge < -0.3 is 16.0 Å². The van der Waals surface area contributed by atoms with E-state index in [0.29, 0.717) is 0 Å². The molecule has 0 saturated heterocycles. The van der Waals surface area contributed by atoms with Crippen molar-refractivity contribution in [3.8, 4) is 0 Å². The summed E-state index contributed by atoms with van der Waals surface area (Å²) in [5, 5.41) is 8.95. The minimum absolute atomic E-state index is 0.0730. The maximum Gasteiger partial charge on any atom is 0.247 e. The van der Waals surface area contributed by atoms with E-state index in [2.05, 4.69) is 38.5 Å².